The molecule has 3 rings (SSSR count). The van der Waals surface area contributed by atoms with Crippen LogP contribution in [-0.4, -0.2) is 37.0 Å². The third-order valence-corrected chi connectivity index (χ3v) is 5.45. The summed E-state index contributed by atoms with van der Waals surface area (Å²) in [5, 5.41) is 5.05. The van der Waals surface area contributed by atoms with Crippen molar-refractivity contribution in [1.82, 2.24) is 10.2 Å². The van der Waals surface area contributed by atoms with Crippen LogP contribution in [0, 0.1) is 0 Å². The standard InChI is InChI=1S/C18H17Cl3N2O/c1-23(18(24)11-2-5-13(19)6-3-11)17-10-22-9-14(17)12-4-7-15(20)16(21)8-12/h2-8,14,17,22H,9-10H2,1H3/t14-,17+/m0/s1. The highest BCUT2D eigenvalue weighted by Gasteiger charge is 2.34. The third-order valence-electron chi connectivity index (χ3n) is 4.46. The van der Waals surface area contributed by atoms with Crippen LogP contribution >= 0.6 is 34.8 Å². The summed E-state index contributed by atoms with van der Waals surface area (Å²) in [7, 11) is 1.83. The Hall–Kier alpha value is -1.26. The lowest BCUT2D eigenvalue weighted by atomic mass is 9.93. The zero-order chi connectivity index (χ0) is 17.3. The number of rotatable bonds is 3. The second kappa shape index (κ2) is 7.32. The summed E-state index contributed by atoms with van der Waals surface area (Å²) in [4.78, 5) is 14.5. The van der Waals surface area contributed by atoms with E-state index in [0.717, 1.165) is 18.7 Å². The third kappa shape index (κ3) is 3.55. The lowest BCUT2D eigenvalue weighted by molar-refractivity contribution is 0.0732. The molecule has 0 aliphatic carbocycles. The first kappa shape index (κ1) is 17.6. The minimum atomic E-state index is -0.0228. The van der Waals surface area contributed by atoms with E-state index >= 15 is 0 Å². The van der Waals surface area contributed by atoms with Crippen molar-refractivity contribution in [1.29, 1.82) is 0 Å². The van der Waals surface area contributed by atoms with Crippen molar-refractivity contribution in [3.8, 4) is 0 Å². The van der Waals surface area contributed by atoms with E-state index in [-0.39, 0.29) is 17.9 Å². The molecule has 3 nitrogen and oxygen atoms in total. The number of halogens is 3. The van der Waals surface area contributed by atoms with Crippen molar-refractivity contribution in [2.75, 3.05) is 20.1 Å². The largest absolute Gasteiger partial charge is 0.337 e. The molecule has 24 heavy (non-hydrogen) atoms. The highest BCUT2D eigenvalue weighted by Crippen LogP contribution is 2.31. The summed E-state index contributed by atoms with van der Waals surface area (Å²) in [6, 6.07) is 12.7. The molecule has 1 fully saturated rings. The van der Waals surface area contributed by atoms with Crippen LogP contribution in [0.1, 0.15) is 21.8 Å². The van der Waals surface area contributed by atoms with Gasteiger partial charge in [0, 0.05) is 36.6 Å². The lowest BCUT2D eigenvalue weighted by Gasteiger charge is -2.29. The van der Waals surface area contributed by atoms with Crippen LogP contribution in [0.15, 0.2) is 42.5 Å². The van der Waals surface area contributed by atoms with Gasteiger partial charge in [0.05, 0.1) is 16.1 Å². The van der Waals surface area contributed by atoms with Gasteiger partial charge in [-0.2, -0.15) is 0 Å². The molecule has 1 saturated heterocycles. The number of hydrogen-bond acceptors (Lipinski definition) is 2. The maximum absolute atomic E-state index is 12.7. The van der Waals surface area contributed by atoms with Gasteiger partial charge in [0.15, 0.2) is 0 Å². The molecule has 0 spiro atoms. The molecule has 6 heteroatoms. The number of carbonyl (C=O) groups is 1. The number of hydrogen-bond donors (Lipinski definition) is 1. The molecular formula is C18H17Cl3N2O. The first-order valence-corrected chi connectivity index (χ1v) is 8.79. The molecule has 126 valence electrons. The second-order valence-corrected chi connectivity index (χ2v) is 7.18. The van der Waals surface area contributed by atoms with Gasteiger partial charge in [-0.05, 0) is 42.0 Å². The minimum Gasteiger partial charge on any atom is -0.337 e. The first-order chi connectivity index (χ1) is 11.5. The Morgan fingerprint density at radius 2 is 1.75 bits per heavy atom. The Balaban J connectivity index is 1.82. The summed E-state index contributed by atoms with van der Waals surface area (Å²) >= 11 is 18.0. The summed E-state index contributed by atoms with van der Waals surface area (Å²) in [5.41, 5.74) is 1.71. The van der Waals surface area contributed by atoms with Crippen LogP contribution in [-0.2, 0) is 0 Å². The fourth-order valence-corrected chi connectivity index (χ4v) is 3.53. The molecule has 1 N–H and O–H groups in total. The zero-order valence-electron chi connectivity index (χ0n) is 13.1. The molecule has 0 bridgehead atoms. The quantitative estimate of drug-likeness (QED) is 0.848. The monoisotopic (exact) mass is 382 g/mol. The molecule has 2 aromatic carbocycles. The Morgan fingerprint density at radius 1 is 1.04 bits per heavy atom. The molecule has 1 aliphatic heterocycles. The van der Waals surface area contributed by atoms with Crippen LogP contribution in [0.4, 0.5) is 0 Å². The second-order valence-electron chi connectivity index (χ2n) is 5.93. The summed E-state index contributed by atoms with van der Waals surface area (Å²) in [6.07, 6.45) is 0. The van der Waals surface area contributed by atoms with Crippen molar-refractivity contribution < 1.29 is 4.79 Å². The Morgan fingerprint density at radius 3 is 2.42 bits per heavy atom. The van der Waals surface area contributed by atoms with Gasteiger partial charge < -0.3 is 10.2 Å². The van der Waals surface area contributed by atoms with Crippen LogP contribution in [0.5, 0.6) is 0 Å². The van der Waals surface area contributed by atoms with E-state index in [0.29, 0.717) is 20.6 Å². The number of likely N-dealkylation sites (N-methyl/N-ethyl adjacent to an activating group) is 1. The number of benzene rings is 2. The van der Waals surface area contributed by atoms with E-state index in [1.165, 1.54) is 0 Å². The van der Waals surface area contributed by atoms with Crippen molar-refractivity contribution in [3.05, 3.63) is 68.7 Å². The Labute approximate surface area is 156 Å². The molecule has 2 aromatic rings. The molecule has 1 amide bonds. The fraction of sp³-hybridized carbons (Fsp3) is 0.278. The van der Waals surface area contributed by atoms with Gasteiger partial charge in [0.25, 0.3) is 5.91 Å². The van der Waals surface area contributed by atoms with Gasteiger partial charge in [0.1, 0.15) is 0 Å². The van der Waals surface area contributed by atoms with Crippen molar-refractivity contribution in [2.24, 2.45) is 0 Å². The van der Waals surface area contributed by atoms with Gasteiger partial charge in [-0.3, -0.25) is 4.79 Å². The van der Waals surface area contributed by atoms with E-state index in [1.807, 2.05) is 19.2 Å². The maximum Gasteiger partial charge on any atom is 0.253 e. The average Bonchev–Trinajstić information content (AvgIpc) is 3.06. The molecule has 0 radical (unpaired) electrons. The smallest absolute Gasteiger partial charge is 0.253 e. The topological polar surface area (TPSA) is 32.3 Å². The molecule has 0 unspecified atom stereocenters. The highest BCUT2D eigenvalue weighted by atomic mass is 35.5. The average molecular weight is 384 g/mol. The molecule has 1 aliphatic rings. The van der Waals surface area contributed by atoms with Crippen molar-refractivity contribution in [2.45, 2.75) is 12.0 Å². The van der Waals surface area contributed by atoms with Crippen LogP contribution < -0.4 is 5.32 Å². The summed E-state index contributed by atoms with van der Waals surface area (Å²) < 4.78 is 0. The van der Waals surface area contributed by atoms with Crippen molar-refractivity contribution >= 4 is 40.7 Å². The number of carbonyl (C=O) groups excluding carboxylic acids is 1. The predicted octanol–water partition coefficient (Wildman–Crippen LogP) is 4.47. The summed E-state index contributed by atoms with van der Waals surface area (Å²) in [5.74, 6) is 0.145. The van der Waals surface area contributed by atoms with E-state index in [9.17, 15) is 4.79 Å². The van der Waals surface area contributed by atoms with Gasteiger partial charge in [-0.1, -0.05) is 40.9 Å². The predicted molar refractivity (Wildman–Crippen MR) is 99.4 cm³/mol. The van der Waals surface area contributed by atoms with E-state index in [1.54, 1.807) is 35.2 Å². The summed E-state index contributed by atoms with van der Waals surface area (Å²) in [6.45, 7) is 1.53. The van der Waals surface area contributed by atoms with Crippen LogP contribution in [0.3, 0.4) is 0 Å². The minimum absolute atomic E-state index is 0.0228. The normalized spacial score (nSPS) is 20.2. The molecule has 2 atom stereocenters. The van der Waals surface area contributed by atoms with E-state index in [4.69, 9.17) is 34.8 Å². The Kier molecular flexibility index (Phi) is 5.36. The highest BCUT2D eigenvalue weighted by molar-refractivity contribution is 6.42. The van der Waals surface area contributed by atoms with Gasteiger partial charge in [0.2, 0.25) is 0 Å². The molecule has 0 aromatic heterocycles. The first-order valence-electron chi connectivity index (χ1n) is 7.66. The van der Waals surface area contributed by atoms with Crippen LogP contribution in [0.2, 0.25) is 15.1 Å². The number of amides is 1. The van der Waals surface area contributed by atoms with E-state index < -0.39 is 0 Å². The maximum atomic E-state index is 12.7. The zero-order valence-corrected chi connectivity index (χ0v) is 15.4. The van der Waals surface area contributed by atoms with Gasteiger partial charge >= 0.3 is 0 Å². The molecule has 1 heterocycles. The Bertz CT molecular complexity index is 748. The van der Waals surface area contributed by atoms with Gasteiger partial charge in [-0.25, -0.2) is 0 Å². The SMILES string of the molecule is CN(C(=O)c1ccc(Cl)cc1)[C@@H]1CNC[C@H]1c1ccc(Cl)c(Cl)c1. The van der Waals surface area contributed by atoms with Gasteiger partial charge in [-0.15, -0.1) is 0 Å². The molecule has 0 saturated carbocycles. The fourth-order valence-electron chi connectivity index (χ4n) is 3.10. The van der Waals surface area contributed by atoms with Crippen molar-refractivity contribution in [3.63, 3.8) is 0 Å². The number of nitrogens with one attached hydrogen (secondary N) is 1. The lowest BCUT2D eigenvalue weighted by Crippen LogP contribution is -2.41. The van der Waals surface area contributed by atoms with E-state index in [2.05, 4.69) is 5.32 Å². The molecular weight excluding hydrogens is 367 g/mol. The number of nitrogens with zero attached hydrogens (tertiary/aromatic N) is 1. The van der Waals surface area contributed by atoms with Crippen LogP contribution in [0.25, 0.3) is 0 Å².